The van der Waals surface area contributed by atoms with Crippen LogP contribution in [0.5, 0.6) is 0 Å². The third-order valence-electron chi connectivity index (χ3n) is 6.32. The van der Waals surface area contributed by atoms with Crippen molar-refractivity contribution in [3.63, 3.8) is 0 Å². The summed E-state index contributed by atoms with van der Waals surface area (Å²) < 4.78 is 44.0. The summed E-state index contributed by atoms with van der Waals surface area (Å²) in [4.78, 5) is 30.2. The molecule has 2 heterocycles. The summed E-state index contributed by atoms with van der Waals surface area (Å²) in [5, 5.41) is 5.35. The number of imidazole rings is 1. The number of amides is 2. The van der Waals surface area contributed by atoms with Crippen molar-refractivity contribution in [2.24, 2.45) is 5.41 Å². The summed E-state index contributed by atoms with van der Waals surface area (Å²) in [6, 6.07) is 13.6. The van der Waals surface area contributed by atoms with Crippen molar-refractivity contribution in [2.45, 2.75) is 44.8 Å². The molecule has 0 spiro atoms. The van der Waals surface area contributed by atoms with Gasteiger partial charge in [-0.05, 0) is 17.5 Å². The first-order valence-corrected chi connectivity index (χ1v) is 13.3. The third-order valence-corrected chi connectivity index (χ3v) is 8.20. The van der Waals surface area contributed by atoms with Crippen molar-refractivity contribution in [3.05, 3.63) is 71.8 Å². The number of benzene rings is 2. The van der Waals surface area contributed by atoms with Crippen molar-refractivity contribution in [1.82, 2.24) is 24.5 Å². The van der Waals surface area contributed by atoms with Crippen LogP contribution < -0.4 is 10.6 Å². The van der Waals surface area contributed by atoms with Gasteiger partial charge in [0.25, 0.3) is 5.91 Å². The highest BCUT2D eigenvalue weighted by Gasteiger charge is 2.37. The van der Waals surface area contributed by atoms with Crippen molar-refractivity contribution in [1.29, 1.82) is 0 Å². The molecule has 0 fully saturated rings. The Morgan fingerprint density at radius 1 is 1.03 bits per heavy atom. The van der Waals surface area contributed by atoms with Gasteiger partial charge >= 0.3 is 0 Å². The summed E-state index contributed by atoms with van der Waals surface area (Å²) in [7, 11) is -2.68. The van der Waals surface area contributed by atoms with Crippen LogP contribution in [0.1, 0.15) is 37.0 Å². The average molecular weight is 528 g/mol. The van der Waals surface area contributed by atoms with Gasteiger partial charge in [0.15, 0.2) is 5.69 Å². The quantitative estimate of drug-likeness (QED) is 0.512. The standard InChI is InChI=1S/C26H30FN5O4S/c1-26(2,3)22(25(34)28-4)30-24(33)21-19-16-31(37(35,36)20-13-9-8-12-18(20)27)14-15-32(19)23(29-21)17-10-6-5-7-11-17/h5-13,22H,14-16H2,1-4H3,(H,28,34)(H,30,33)/t22-/m1/s1. The number of nitrogens with one attached hydrogen (secondary N) is 2. The Labute approximate surface area is 215 Å². The first kappa shape index (κ1) is 26.5. The van der Waals surface area contributed by atoms with Gasteiger partial charge in [0.2, 0.25) is 15.9 Å². The lowest BCUT2D eigenvalue weighted by Crippen LogP contribution is -2.53. The van der Waals surface area contributed by atoms with Gasteiger partial charge in [-0.25, -0.2) is 17.8 Å². The number of hydrogen-bond donors (Lipinski definition) is 2. The summed E-state index contributed by atoms with van der Waals surface area (Å²) in [5.41, 5.74) is 0.544. The molecule has 2 aromatic carbocycles. The molecule has 1 aliphatic rings. The van der Waals surface area contributed by atoms with Gasteiger partial charge in [0, 0.05) is 25.7 Å². The Morgan fingerprint density at radius 3 is 2.30 bits per heavy atom. The number of fused-ring (bicyclic) bond motifs is 1. The van der Waals surface area contributed by atoms with Crippen LogP contribution in [0.2, 0.25) is 0 Å². The van der Waals surface area contributed by atoms with Crippen LogP contribution in [0.4, 0.5) is 4.39 Å². The van der Waals surface area contributed by atoms with E-state index in [2.05, 4.69) is 15.6 Å². The molecule has 4 rings (SSSR count). The second kappa shape index (κ2) is 10.1. The van der Waals surface area contributed by atoms with E-state index in [1.165, 1.54) is 25.2 Å². The number of hydrogen-bond acceptors (Lipinski definition) is 5. The fraction of sp³-hybridized carbons (Fsp3) is 0.346. The molecule has 1 aromatic heterocycles. The maximum Gasteiger partial charge on any atom is 0.272 e. The lowest BCUT2D eigenvalue weighted by Gasteiger charge is -2.30. The zero-order valence-corrected chi connectivity index (χ0v) is 22.0. The lowest BCUT2D eigenvalue weighted by atomic mass is 9.86. The largest absolute Gasteiger partial charge is 0.357 e. The molecule has 0 bridgehead atoms. The van der Waals surface area contributed by atoms with Crippen LogP contribution in [0.25, 0.3) is 11.4 Å². The normalized spacial score (nSPS) is 15.1. The van der Waals surface area contributed by atoms with Crippen molar-refractivity contribution in [3.8, 4) is 11.4 Å². The minimum Gasteiger partial charge on any atom is -0.357 e. The van der Waals surface area contributed by atoms with Gasteiger partial charge < -0.3 is 15.2 Å². The highest BCUT2D eigenvalue weighted by atomic mass is 32.2. The van der Waals surface area contributed by atoms with E-state index in [1.54, 1.807) is 0 Å². The molecule has 1 atom stereocenters. The molecule has 9 nitrogen and oxygen atoms in total. The number of halogens is 1. The van der Waals surface area contributed by atoms with E-state index >= 15 is 0 Å². The molecule has 2 amide bonds. The predicted octanol–water partition coefficient (Wildman–Crippen LogP) is 2.78. The maximum atomic E-state index is 14.4. The topological polar surface area (TPSA) is 113 Å². The average Bonchev–Trinajstić information content (AvgIpc) is 3.26. The van der Waals surface area contributed by atoms with E-state index < -0.39 is 38.1 Å². The predicted molar refractivity (Wildman–Crippen MR) is 136 cm³/mol. The molecule has 0 radical (unpaired) electrons. The molecular formula is C26H30FN5O4S. The molecular weight excluding hydrogens is 497 g/mol. The second-order valence-corrected chi connectivity index (χ2v) is 11.8. The number of carbonyl (C=O) groups is 2. The first-order chi connectivity index (χ1) is 17.4. The molecule has 0 saturated heterocycles. The summed E-state index contributed by atoms with van der Waals surface area (Å²) in [5.74, 6) is -1.29. The minimum absolute atomic E-state index is 0.0189. The third kappa shape index (κ3) is 5.14. The maximum absolute atomic E-state index is 14.4. The molecule has 196 valence electrons. The first-order valence-electron chi connectivity index (χ1n) is 11.9. The van der Waals surface area contributed by atoms with Crippen LogP contribution in [0, 0.1) is 11.2 Å². The summed E-state index contributed by atoms with van der Waals surface area (Å²) in [6.07, 6.45) is 0. The highest BCUT2D eigenvalue weighted by molar-refractivity contribution is 7.89. The molecule has 0 aliphatic carbocycles. The Bertz CT molecular complexity index is 1430. The molecule has 1 aliphatic heterocycles. The van der Waals surface area contributed by atoms with E-state index in [-0.39, 0.29) is 31.2 Å². The molecule has 11 heteroatoms. The van der Waals surface area contributed by atoms with Gasteiger partial charge in [-0.3, -0.25) is 9.59 Å². The number of nitrogens with zero attached hydrogens (tertiary/aromatic N) is 3. The van der Waals surface area contributed by atoms with E-state index in [0.29, 0.717) is 11.5 Å². The van der Waals surface area contributed by atoms with Gasteiger partial charge in [0.1, 0.15) is 22.6 Å². The second-order valence-electron chi connectivity index (χ2n) is 9.90. The highest BCUT2D eigenvalue weighted by Crippen LogP contribution is 2.30. The smallest absolute Gasteiger partial charge is 0.272 e. The summed E-state index contributed by atoms with van der Waals surface area (Å²) in [6.45, 7) is 5.59. The van der Waals surface area contributed by atoms with Gasteiger partial charge in [-0.2, -0.15) is 4.31 Å². The zero-order valence-electron chi connectivity index (χ0n) is 21.2. The van der Waals surface area contributed by atoms with E-state index in [0.717, 1.165) is 15.9 Å². The Kier molecular flexibility index (Phi) is 7.20. The molecule has 2 N–H and O–H groups in total. The van der Waals surface area contributed by atoms with Gasteiger partial charge in [-0.1, -0.05) is 63.2 Å². The van der Waals surface area contributed by atoms with Crippen LogP contribution in [-0.4, -0.2) is 53.7 Å². The number of likely N-dealkylation sites (N-methyl/N-ethyl adjacent to an activating group) is 1. The molecule has 0 saturated carbocycles. The number of sulfonamides is 1. The van der Waals surface area contributed by atoms with Gasteiger partial charge in [0.05, 0.1) is 12.2 Å². The molecule has 37 heavy (non-hydrogen) atoms. The number of carbonyl (C=O) groups excluding carboxylic acids is 2. The SMILES string of the molecule is CNC(=O)[C@@H](NC(=O)c1nc(-c2ccccc2)n2c1CN(S(=O)(=O)c1ccccc1F)CC2)C(C)(C)C. The van der Waals surface area contributed by atoms with Crippen LogP contribution in [0.3, 0.4) is 0 Å². The van der Waals surface area contributed by atoms with E-state index in [4.69, 9.17) is 0 Å². The van der Waals surface area contributed by atoms with E-state index in [1.807, 2.05) is 55.7 Å². The Hall–Kier alpha value is -3.57. The molecule has 0 unspecified atom stereocenters. The lowest BCUT2D eigenvalue weighted by molar-refractivity contribution is -0.124. The van der Waals surface area contributed by atoms with Crippen molar-refractivity contribution >= 4 is 21.8 Å². The van der Waals surface area contributed by atoms with Crippen LogP contribution >= 0.6 is 0 Å². The van der Waals surface area contributed by atoms with Crippen molar-refractivity contribution in [2.75, 3.05) is 13.6 Å². The fourth-order valence-electron chi connectivity index (χ4n) is 4.35. The fourth-order valence-corrected chi connectivity index (χ4v) is 5.81. The van der Waals surface area contributed by atoms with Crippen LogP contribution in [-0.2, 0) is 27.9 Å². The minimum atomic E-state index is -4.18. The van der Waals surface area contributed by atoms with Gasteiger partial charge in [-0.15, -0.1) is 0 Å². The Balaban J connectivity index is 1.77. The van der Waals surface area contributed by atoms with E-state index in [9.17, 15) is 22.4 Å². The number of rotatable bonds is 6. The Morgan fingerprint density at radius 2 is 1.68 bits per heavy atom. The van der Waals surface area contributed by atoms with Crippen LogP contribution in [0.15, 0.2) is 59.5 Å². The monoisotopic (exact) mass is 527 g/mol. The number of aromatic nitrogens is 2. The van der Waals surface area contributed by atoms with Crippen molar-refractivity contribution < 1.29 is 22.4 Å². The summed E-state index contributed by atoms with van der Waals surface area (Å²) >= 11 is 0. The zero-order chi connectivity index (χ0) is 27.0. The molecule has 3 aromatic rings.